The summed E-state index contributed by atoms with van der Waals surface area (Å²) < 4.78 is 24.8. The number of aryl methyl sites for hydroxylation is 1. The minimum Gasteiger partial charge on any atom is -0.434 e. The van der Waals surface area contributed by atoms with Crippen LogP contribution in [0.25, 0.3) is 5.69 Å². The van der Waals surface area contributed by atoms with E-state index in [1.165, 1.54) is 23.9 Å². The van der Waals surface area contributed by atoms with Crippen LogP contribution in [0.1, 0.15) is 35.9 Å². The summed E-state index contributed by atoms with van der Waals surface area (Å²) in [6.07, 6.45) is -1.04. The summed E-state index contributed by atoms with van der Waals surface area (Å²) in [5.74, 6) is -0.0519. The fourth-order valence-electron chi connectivity index (χ4n) is 2.52. The van der Waals surface area contributed by atoms with Crippen LogP contribution >= 0.6 is 11.8 Å². The van der Waals surface area contributed by atoms with E-state index < -0.39 is 12.1 Å². The topological polar surface area (TPSA) is 70.4 Å². The van der Waals surface area contributed by atoms with Gasteiger partial charge in [0.25, 0.3) is 0 Å². The predicted molar refractivity (Wildman–Crippen MR) is 89.4 cm³/mol. The van der Waals surface area contributed by atoms with Gasteiger partial charge in [0.15, 0.2) is 5.69 Å². The van der Waals surface area contributed by atoms with Crippen molar-refractivity contribution < 1.29 is 23.5 Å². The molecule has 0 bridgehead atoms. The number of carbonyl (C=O) groups excluding carboxylic acids is 2. The largest absolute Gasteiger partial charge is 0.516 e. The molecule has 0 saturated carbocycles. The molecule has 1 aliphatic rings. The highest BCUT2D eigenvalue weighted by molar-refractivity contribution is 7.98. The fraction of sp³-hybridized carbons (Fsp3) is 0.353. The van der Waals surface area contributed by atoms with Gasteiger partial charge in [-0.05, 0) is 31.0 Å². The lowest BCUT2D eigenvalue weighted by Gasteiger charge is -2.20. The first kappa shape index (κ1) is 17.5. The number of esters is 1. The second-order valence-corrected chi connectivity index (χ2v) is 7.05. The van der Waals surface area contributed by atoms with Crippen molar-refractivity contribution in [3.05, 3.63) is 41.2 Å². The number of ether oxygens (including phenoxy) is 2. The van der Waals surface area contributed by atoms with Crippen molar-refractivity contribution >= 4 is 23.9 Å². The van der Waals surface area contributed by atoms with Crippen LogP contribution in [0.5, 0.6) is 0 Å². The Labute approximate surface area is 148 Å². The van der Waals surface area contributed by atoms with Crippen molar-refractivity contribution in [3.8, 4) is 5.69 Å². The minimum atomic E-state index is -1.04. The Bertz CT molecular complexity index is 847. The Morgan fingerprint density at radius 3 is 2.88 bits per heavy atom. The van der Waals surface area contributed by atoms with E-state index in [9.17, 15) is 14.0 Å². The molecule has 0 radical (unpaired) electrons. The minimum absolute atomic E-state index is 0.0708. The van der Waals surface area contributed by atoms with Crippen molar-refractivity contribution in [2.75, 3.05) is 6.61 Å². The second-order valence-electron chi connectivity index (χ2n) is 6.03. The maximum Gasteiger partial charge on any atom is 0.516 e. The summed E-state index contributed by atoms with van der Waals surface area (Å²) in [5, 5.41) is 0. The van der Waals surface area contributed by atoms with Crippen molar-refractivity contribution in [2.45, 2.75) is 31.4 Å². The van der Waals surface area contributed by atoms with Gasteiger partial charge in [0.05, 0.1) is 18.0 Å². The summed E-state index contributed by atoms with van der Waals surface area (Å²) in [4.78, 5) is 28.9. The summed E-state index contributed by atoms with van der Waals surface area (Å²) in [6, 6.07) is 4.44. The van der Waals surface area contributed by atoms with E-state index in [1.807, 2.05) is 13.8 Å². The molecule has 25 heavy (non-hydrogen) atoms. The molecule has 8 heteroatoms. The molecule has 1 aliphatic heterocycles. The van der Waals surface area contributed by atoms with Gasteiger partial charge in [-0.3, -0.25) is 4.57 Å². The molecule has 2 heterocycles. The third kappa shape index (κ3) is 3.53. The number of halogens is 1. The third-order valence-corrected chi connectivity index (χ3v) is 4.63. The average molecular weight is 364 g/mol. The summed E-state index contributed by atoms with van der Waals surface area (Å²) >= 11 is 1.40. The number of thioether (sulfide) groups is 1. The molecule has 2 aromatic rings. The van der Waals surface area contributed by atoms with Crippen LogP contribution in [0.3, 0.4) is 0 Å². The smallest absolute Gasteiger partial charge is 0.434 e. The van der Waals surface area contributed by atoms with E-state index in [2.05, 4.69) is 4.98 Å². The number of benzene rings is 1. The molecule has 0 unspecified atom stereocenters. The molecule has 0 spiro atoms. The van der Waals surface area contributed by atoms with Crippen LogP contribution in [0.15, 0.2) is 23.1 Å². The van der Waals surface area contributed by atoms with Crippen LogP contribution in [0.4, 0.5) is 9.18 Å². The molecule has 0 saturated heterocycles. The zero-order valence-electron chi connectivity index (χ0n) is 14.0. The van der Waals surface area contributed by atoms with Crippen molar-refractivity contribution in [3.63, 3.8) is 0 Å². The first-order valence-electron chi connectivity index (χ1n) is 7.76. The second kappa shape index (κ2) is 6.87. The molecular weight excluding hydrogens is 347 g/mol. The van der Waals surface area contributed by atoms with Crippen molar-refractivity contribution in [1.29, 1.82) is 0 Å². The van der Waals surface area contributed by atoms with E-state index in [4.69, 9.17) is 9.47 Å². The molecule has 0 N–H and O–H groups in total. The molecule has 0 atom stereocenters. The molecule has 0 fully saturated rings. The summed E-state index contributed by atoms with van der Waals surface area (Å²) in [7, 11) is 0. The van der Waals surface area contributed by atoms with Crippen LogP contribution in [0.2, 0.25) is 0 Å². The number of fused-ring (bicyclic) bond motifs is 3. The van der Waals surface area contributed by atoms with E-state index >= 15 is 0 Å². The third-order valence-electron chi connectivity index (χ3n) is 3.57. The Morgan fingerprint density at radius 2 is 2.16 bits per heavy atom. The van der Waals surface area contributed by atoms with Gasteiger partial charge < -0.3 is 9.47 Å². The molecule has 1 aromatic carbocycles. The number of hydrogen-bond donors (Lipinski definition) is 0. The molecule has 6 nitrogen and oxygen atoms in total. The number of nitrogens with zero attached hydrogens (tertiary/aromatic N) is 2. The lowest BCUT2D eigenvalue weighted by atomic mass is 10.2. The molecular formula is C17H17FN2O4S. The van der Waals surface area contributed by atoms with Crippen molar-refractivity contribution in [1.82, 2.24) is 9.55 Å². The first-order chi connectivity index (χ1) is 11.9. The zero-order valence-corrected chi connectivity index (χ0v) is 14.9. The van der Waals surface area contributed by atoms with Gasteiger partial charge in [0.2, 0.25) is 0 Å². The van der Waals surface area contributed by atoms with Crippen LogP contribution in [0, 0.1) is 18.7 Å². The predicted octanol–water partition coefficient (Wildman–Crippen LogP) is 3.87. The Kier molecular flexibility index (Phi) is 4.80. The number of rotatable bonds is 3. The maximum absolute atomic E-state index is 13.4. The summed E-state index contributed by atoms with van der Waals surface area (Å²) in [5.41, 5.74) is 1.43. The fourth-order valence-corrected chi connectivity index (χ4v) is 3.58. The van der Waals surface area contributed by atoms with E-state index in [-0.39, 0.29) is 24.0 Å². The number of hydrogen-bond acceptors (Lipinski definition) is 6. The zero-order chi connectivity index (χ0) is 18.1. The monoisotopic (exact) mass is 364 g/mol. The Hall–Kier alpha value is -2.35. The highest BCUT2D eigenvalue weighted by Crippen LogP contribution is 2.37. The average Bonchev–Trinajstić information content (AvgIpc) is 2.90. The summed E-state index contributed by atoms with van der Waals surface area (Å²) in [6.45, 7) is 5.66. The molecule has 3 rings (SSSR count). The van der Waals surface area contributed by atoms with E-state index in [1.54, 1.807) is 17.6 Å². The molecule has 132 valence electrons. The van der Waals surface area contributed by atoms with Gasteiger partial charge >= 0.3 is 12.1 Å². The molecule has 0 aliphatic carbocycles. The molecule has 1 aromatic heterocycles. The number of aromatic nitrogens is 2. The van der Waals surface area contributed by atoms with Gasteiger partial charge in [-0.1, -0.05) is 13.8 Å². The Balaban J connectivity index is 1.86. The molecule has 0 amide bonds. The van der Waals surface area contributed by atoms with Crippen LogP contribution < -0.4 is 0 Å². The number of carbonyl (C=O) groups is 2. The standard InChI is InChI=1S/C17H17FN2O4S/c1-9(2)7-23-17(22)24-16(21)15-13-8-25-14-6-11(18)4-5-12(14)20(13)10(3)19-15/h4-6,9H,7-8H2,1-3H3. The van der Waals surface area contributed by atoms with Gasteiger partial charge in [0.1, 0.15) is 11.6 Å². The van der Waals surface area contributed by atoms with Crippen LogP contribution in [-0.4, -0.2) is 28.3 Å². The lowest BCUT2D eigenvalue weighted by Crippen LogP contribution is -2.18. The van der Waals surface area contributed by atoms with E-state index in [0.717, 1.165) is 10.6 Å². The van der Waals surface area contributed by atoms with Gasteiger partial charge in [0, 0.05) is 10.6 Å². The number of imidazole rings is 1. The SMILES string of the molecule is Cc1nc(C(=O)OC(=O)OCC(C)C)c2n1-c1ccc(F)cc1SC2. The van der Waals surface area contributed by atoms with Gasteiger partial charge in [-0.15, -0.1) is 11.8 Å². The highest BCUT2D eigenvalue weighted by atomic mass is 32.2. The van der Waals surface area contributed by atoms with E-state index in [0.29, 0.717) is 17.3 Å². The lowest BCUT2D eigenvalue weighted by molar-refractivity contribution is 0.0345. The Morgan fingerprint density at radius 1 is 1.40 bits per heavy atom. The van der Waals surface area contributed by atoms with Gasteiger partial charge in [-0.25, -0.2) is 19.0 Å². The van der Waals surface area contributed by atoms with Gasteiger partial charge in [-0.2, -0.15) is 0 Å². The highest BCUT2D eigenvalue weighted by Gasteiger charge is 2.29. The van der Waals surface area contributed by atoms with Crippen molar-refractivity contribution in [2.24, 2.45) is 5.92 Å². The first-order valence-corrected chi connectivity index (χ1v) is 8.75. The maximum atomic E-state index is 13.4. The normalized spacial score (nSPS) is 12.5. The quantitative estimate of drug-likeness (QED) is 0.608. The van der Waals surface area contributed by atoms with Crippen LogP contribution in [-0.2, 0) is 15.2 Å².